The van der Waals surface area contributed by atoms with Crippen LogP contribution in [0.25, 0.3) is 0 Å². The molecular weight excluding hydrogens is 376 g/mol. The van der Waals surface area contributed by atoms with Gasteiger partial charge >= 0.3 is 12.1 Å². The first-order chi connectivity index (χ1) is 13.6. The minimum atomic E-state index is -0.0781. The molecule has 1 aromatic carbocycles. The van der Waals surface area contributed by atoms with Gasteiger partial charge < -0.3 is 20.9 Å². The number of nitrogens with one attached hydrogen (secondary N) is 3. The van der Waals surface area contributed by atoms with Gasteiger partial charge in [0.1, 0.15) is 0 Å². The number of hydrogen-bond donors (Lipinski definition) is 3. The molecule has 2 fully saturated rings. The maximum Gasteiger partial charge on any atom is 0.321 e. The van der Waals surface area contributed by atoms with Gasteiger partial charge in [-0.05, 0) is 56.2 Å². The van der Waals surface area contributed by atoms with E-state index in [2.05, 4.69) is 16.0 Å². The van der Waals surface area contributed by atoms with E-state index in [4.69, 9.17) is 11.6 Å². The molecule has 1 saturated carbocycles. The molecule has 4 amide bonds. The van der Waals surface area contributed by atoms with E-state index in [1.807, 2.05) is 17.0 Å². The van der Waals surface area contributed by atoms with E-state index < -0.39 is 0 Å². The van der Waals surface area contributed by atoms with Gasteiger partial charge in [0, 0.05) is 36.4 Å². The van der Waals surface area contributed by atoms with Gasteiger partial charge in [-0.15, -0.1) is 0 Å². The molecule has 154 valence electrons. The number of urea groups is 2. The first kappa shape index (κ1) is 20.8. The predicted molar refractivity (Wildman–Crippen MR) is 113 cm³/mol. The lowest BCUT2D eigenvalue weighted by Crippen LogP contribution is -2.44. The smallest absolute Gasteiger partial charge is 0.321 e. The van der Waals surface area contributed by atoms with Gasteiger partial charge in [-0.25, -0.2) is 9.59 Å². The molecule has 1 aromatic rings. The summed E-state index contributed by atoms with van der Waals surface area (Å²) in [5.41, 5.74) is 0.716. The van der Waals surface area contributed by atoms with Crippen molar-refractivity contribution in [2.45, 2.75) is 57.4 Å². The average molecular weight is 407 g/mol. The molecule has 3 rings (SSSR count). The molecule has 28 heavy (non-hydrogen) atoms. The van der Waals surface area contributed by atoms with E-state index in [-0.39, 0.29) is 12.1 Å². The molecule has 0 unspecified atom stereocenters. The Balaban J connectivity index is 1.30. The highest BCUT2D eigenvalue weighted by atomic mass is 35.5. The number of piperidine rings is 1. The van der Waals surface area contributed by atoms with Gasteiger partial charge in [0.25, 0.3) is 0 Å². The van der Waals surface area contributed by atoms with Crippen LogP contribution < -0.4 is 16.0 Å². The third-order valence-electron chi connectivity index (χ3n) is 5.76. The Morgan fingerprint density at radius 1 is 1.07 bits per heavy atom. The molecule has 7 heteroatoms. The van der Waals surface area contributed by atoms with E-state index in [0.717, 1.165) is 45.2 Å². The zero-order valence-electron chi connectivity index (χ0n) is 16.4. The highest BCUT2D eigenvalue weighted by Crippen LogP contribution is 2.22. The number of halogens is 1. The van der Waals surface area contributed by atoms with Crippen molar-refractivity contribution in [2.24, 2.45) is 5.92 Å². The van der Waals surface area contributed by atoms with E-state index in [1.54, 1.807) is 12.1 Å². The fourth-order valence-corrected chi connectivity index (χ4v) is 4.26. The lowest BCUT2D eigenvalue weighted by Gasteiger charge is -2.32. The van der Waals surface area contributed by atoms with Crippen molar-refractivity contribution in [1.82, 2.24) is 15.5 Å². The predicted octanol–water partition coefficient (Wildman–Crippen LogP) is 4.61. The minimum Gasteiger partial charge on any atom is -0.338 e. The Bertz CT molecular complexity index is 656. The van der Waals surface area contributed by atoms with Crippen LogP contribution in [0.2, 0.25) is 5.02 Å². The Labute approximate surface area is 172 Å². The Morgan fingerprint density at radius 3 is 2.54 bits per heavy atom. The zero-order chi connectivity index (χ0) is 19.8. The SMILES string of the molecule is O=C(NCCC1CCN(C(=O)Nc2cccc(Cl)c2)CC1)NC1CCCCC1. The van der Waals surface area contributed by atoms with Crippen molar-refractivity contribution < 1.29 is 9.59 Å². The molecule has 3 N–H and O–H groups in total. The Morgan fingerprint density at radius 2 is 1.82 bits per heavy atom. The number of carbonyl (C=O) groups is 2. The Hall–Kier alpha value is -1.95. The van der Waals surface area contributed by atoms with Crippen LogP contribution in [0.15, 0.2) is 24.3 Å². The molecule has 1 aliphatic carbocycles. The maximum atomic E-state index is 12.4. The quantitative estimate of drug-likeness (QED) is 0.668. The summed E-state index contributed by atoms with van der Waals surface area (Å²) in [6, 6.07) is 7.41. The van der Waals surface area contributed by atoms with Crippen molar-refractivity contribution in [3.63, 3.8) is 0 Å². The summed E-state index contributed by atoms with van der Waals surface area (Å²) >= 11 is 5.96. The highest BCUT2D eigenvalue weighted by molar-refractivity contribution is 6.30. The number of anilines is 1. The van der Waals surface area contributed by atoms with Crippen LogP contribution >= 0.6 is 11.6 Å². The fraction of sp³-hybridized carbons (Fsp3) is 0.619. The summed E-state index contributed by atoms with van der Waals surface area (Å²) in [6.07, 6.45) is 8.82. The molecule has 1 aliphatic heterocycles. The van der Waals surface area contributed by atoms with Crippen LogP contribution in [0.4, 0.5) is 15.3 Å². The van der Waals surface area contributed by atoms with E-state index in [1.165, 1.54) is 19.3 Å². The number of rotatable bonds is 5. The average Bonchev–Trinajstić information content (AvgIpc) is 2.69. The van der Waals surface area contributed by atoms with Crippen LogP contribution in [0.3, 0.4) is 0 Å². The highest BCUT2D eigenvalue weighted by Gasteiger charge is 2.23. The molecule has 0 aromatic heterocycles. The first-order valence-electron chi connectivity index (χ1n) is 10.5. The second-order valence-corrected chi connectivity index (χ2v) is 8.33. The van der Waals surface area contributed by atoms with Crippen molar-refractivity contribution in [3.8, 4) is 0 Å². The fourth-order valence-electron chi connectivity index (χ4n) is 4.07. The van der Waals surface area contributed by atoms with E-state index >= 15 is 0 Å². The number of benzene rings is 1. The summed E-state index contributed by atoms with van der Waals surface area (Å²) in [5, 5.41) is 9.59. The largest absolute Gasteiger partial charge is 0.338 e. The number of nitrogens with zero attached hydrogens (tertiary/aromatic N) is 1. The minimum absolute atomic E-state index is 0.0368. The van der Waals surface area contributed by atoms with Crippen LogP contribution in [0, 0.1) is 5.92 Å². The zero-order valence-corrected chi connectivity index (χ0v) is 17.1. The number of hydrogen-bond acceptors (Lipinski definition) is 2. The van der Waals surface area contributed by atoms with Gasteiger partial charge in [-0.3, -0.25) is 0 Å². The summed E-state index contributed by atoms with van der Waals surface area (Å²) in [7, 11) is 0. The lowest BCUT2D eigenvalue weighted by molar-refractivity contribution is 0.179. The van der Waals surface area contributed by atoms with Gasteiger partial charge in [-0.1, -0.05) is 36.9 Å². The molecule has 2 aliphatic rings. The van der Waals surface area contributed by atoms with Crippen molar-refractivity contribution in [2.75, 3.05) is 25.0 Å². The lowest BCUT2D eigenvalue weighted by atomic mass is 9.93. The summed E-state index contributed by atoms with van der Waals surface area (Å²) in [4.78, 5) is 26.2. The van der Waals surface area contributed by atoms with Crippen molar-refractivity contribution in [3.05, 3.63) is 29.3 Å². The first-order valence-corrected chi connectivity index (χ1v) is 10.8. The van der Waals surface area contributed by atoms with Gasteiger partial charge in [0.05, 0.1) is 0 Å². The van der Waals surface area contributed by atoms with Crippen LogP contribution in [-0.2, 0) is 0 Å². The topological polar surface area (TPSA) is 73.5 Å². The number of carbonyl (C=O) groups excluding carboxylic acids is 2. The van der Waals surface area contributed by atoms with Crippen molar-refractivity contribution in [1.29, 1.82) is 0 Å². The Kier molecular flexibility index (Phi) is 7.83. The molecule has 0 bridgehead atoms. The monoisotopic (exact) mass is 406 g/mol. The van der Waals surface area contributed by atoms with Crippen LogP contribution in [0.1, 0.15) is 51.4 Å². The van der Waals surface area contributed by atoms with Gasteiger partial charge in [0.2, 0.25) is 0 Å². The van der Waals surface area contributed by atoms with Crippen LogP contribution in [-0.4, -0.2) is 42.6 Å². The third kappa shape index (κ3) is 6.59. The summed E-state index contributed by atoms with van der Waals surface area (Å²) in [5.74, 6) is 0.546. The molecule has 0 radical (unpaired) electrons. The third-order valence-corrected chi connectivity index (χ3v) is 5.99. The molecule has 1 saturated heterocycles. The summed E-state index contributed by atoms with van der Waals surface area (Å²) in [6.45, 7) is 2.18. The number of likely N-dealkylation sites (tertiary alicyclic amines) is 1. The number of amides is 4. The normalized spacial score (nSPS) is 18.5. The van der Waals surface area contributed by atoms with Crippen molar-refractivity contribution >= 4 is 29.4 Å². The molecule has 0 atom stereocenters. The molecule has 6 nitrogen and oxygen atoms in total. The van der Waals surface area contributed by atoms with E-state index in [0.29, 0.717) is 29.2 Å². The molecule has 0 spiro atoms. The van der Waals surface area contributed by atoms with Crippen LogP contribution in [0.5, 0.6) is 0 Å². The molecule has 1 heterocycles. The molecular formula is C21H31ClN4O2. The van der Waals surface area contributed by atoms with Gasteiger partial charge in [-0.2, -0.15) is 0 Å². The standard InChI is InChI=1S/C21H31ClN4O2/c22-17-5-4-8-19(15-17)25-21(28)26-13-10-16(11-14-26)9-12-23-20(27)24-18-6-2-1-3-7-18/h4-5,8,15-16,18H,1-3,6-7,9-14H2,(H,25,28)(H2,23,24,27). The maximum absolute atomic E-state index is 12.4. The second kappa shape index (κ2) is 10.6. The summed E-state index contributed by atoms with van der Waals surface area (Å²) < 4.78 is 0. The van der Waals surface area contributed by atoms with E-state index in [9.17, 15) is 9.59 Å². The van der Waals surface area contributed by atoms with Gasteiger partial charge in [0.15, 0.2) is 0 Å². The second-order valence-electron chi connectivity index (χ2n) is 7.89.